The second-order valence-electron chi connectivity index (χ2n) is 5.32. The van der Waals surface area contributed by atoms with Gasteiger partial charge in [-0.25, -0.2) is 0 Å². The first kappa shape index (κ1) is 11.0. The SMILES string of the molecule is C[C@@H](NC(=O)C1CC1)C1CCCCCC1. The third kappa shape index (κ3) is 3.22. The van der Waals surface area contributed by atoms with Crippen LogP contribution in [0.1, 0.15) is 58.3 Å². The van der Waals surface area contributed by atoms with Crippen LogP contribution in [0.3, 0.4) is 0 Å². The lowest BCUT2D eigenvalue weighted by atomic mass is 9.93. The molecule has 2 nitrogen and oxygen atoms in total. The second-order valence-corrected chi connectivity index (χ2v) is 5.32. The van der Waals surface area contributed by atoms with Crippen LogP contribution in [0.5, 0.6) is 0 Å². The van der Waals surface area contributed by atoms with Crippen molar-refractivity contribution in [2.24, 2.45) is 11.8 Å². The third-order valence-corrected chi connectivity index (χ3v) is 3.93. The summed E-state index contributed by atoms with van der Waals surface area (Å²) in [6.07, 6.45) is 10.3. The van der Waals surface area contributed by atoms with Gasteiger partial charge in [-0.2, -0.15) is 0 Å². The molecule has 0 aliphatic heterocycles. The Hall–Kier alpha value is -0.530. The maximum absolute atomic E-state index is 11.6. The van der Waals surface area contributed by atoms with Crippen molar-refractivity contribution in [3.63, 3.8) is 0 Å². The number of carbonyl (C=O) groups is 1. The van der Waals surface area contributed by atoms with E-state index in [2.05, 4.69) is 12.2 Å². The normalized spacial score (nSPS) is 25.7. The summed E-state index contributed by atoms with van der Waals surface area (Å²) in [6.45, 7) is 2.19. The van der Waals surface area contributed by atoms with Crippen molar-refractivity contribution in [1.82, 2.24) is 5.32 Å². The molecule has 2 saturated carbocycles. The van der Waals surface area contributed by atoms with Crippen molar-refractivity contribution in [2.45, 2.75) is 64.3 Å². The lowest BCUT2D eigenvalue weighted by molar-refractivity contribution is -0.123. The lowest BCUT2D eigenvalue weighted by Gasteiger charge is -2.23. The van der Waals surface area contributed by atoms with E-state index in [1.54, 1.807) is 0 Å². The van der Waals surface area contributed by atoms with Gasteiger partial charge in [-0.3, -0.25) is 4.79 Å². The summed E-state index contributed by atoms with van der Waals surface area (Å²) < 4.78 is 0. The highest BCUT2D eigenvalue weighted by molar-refractivity contribution is 5.81. The van der Waals surface area contributed by atoms with E-state index in [4.69, 9.17) is 0 Å². The number of hydrogen-bond acceptors (Lipinski definition) is 1. The third-order valence-electron chi connectivity index (χ3n) is 3.93. The van der Waals surface area contributed by atoms with Gasteiger partial charge in [0.05, 0.1) is 0 Å². The van der Waals surface area contributed by atoms with Crippen molar-refractivity contribution in [1.29, 1.82) is 0 Å². The number of amides is 1. The minimum atomic E-state index is 0.312. The molecule has 0 unspecified atom stereocenters. The monoisotopic (exact) mass is 209 g/mol. The van der Waals surface area contributed by atoms with Gasteiger partial charge in [0.25, 0.3) is 0 Å². The van der Waals surface area contributed by atoms with Gasteiger partial charge in [-0.15, -0.1) is 0 Å². The Morgan fingerprint density at radius 1 is 1.07 bits per heavy atom. The molecule has 2 fully saturated rings. The highest BCUT2D eigenvalue weighted by Crippen LogP contribution is 2.30. The number of hydrogen-bond donors (Lipinski definition) is 1. The van der Waals surface area contributed by atoms with E-state index in [0.717, 1.165) is 18.8 Å². The Labute approximate surface area is 92.8 Å². The molecule has 0 heterocycles. The molecular weight excluding hydrogens is 186 g/mol. The molecule has 0 aromatic rings. The average molecular weight is 209 g/mol. The second kappa shape index (κ2) is 5.00. The molecule has 0 radical (unpaired) electrons. The molecule has 2 rings (SSSR count). The van der Waals surface area contributed by atoms with Crippen LogP contribution in [0, 0.1) is 11.8 Å². The molecule has 0 aromatic carbocycles. The number of carbonyl (C=O) groups excluding carboxylic acids is 1. The molecule has 0 aromatic heterocycles. The molecule has 0 spiro atoms. The molecule has 2 heteroatoms. The van der Waals surface area contributed by atoms with Crippen molar-refractivity contribution in [3.8, 4) is 0 Å². The van der Waals surface area contributed by atoms with E-state index < -0.39 is 0 Å². The highest BCUT2D eigenvalue weighted by atomic mass is 16.2. The smallest absolute Gasteiger partial charge is 0.223 e. The van der Waals surface area contributed by atoms with Gasteiger partial charge < -0.3 is 5.32 Å². The van der Waals surface area contributed by atoms with Crippen LogP contribution in [0.25, 0.3) is 0 Å². The zero-order chi connectivity index (χ0) is 10.7. The fourth-order valence-electron chi connectivity index (χ4n) is 2.62. The van der Waals surface area contributed by atoms with Gasteiger partial charge in [-0.1, -0.05) is 25.7 Å². The van der Waals surface area contributed by atoms with Crippen molar-refractivity contribution >= 4 is 5.91 Å². The first-order valence-electron chi connectivity index (χ1n) is 6.58. The summed E-state index contributed by atoms with van der Waals surface area (Å²) in [6, 6.07) is 0.399. The van der Waals surface area contributed by atoms with Gasteiger partial charge in [0.1, 0.15) is 0 Å². The largest absolute Gasteiger partial charge is 0.353 e. The first-order chi connectivity index (χ1) is 7.27. The summed E-state index contributed by atoms with van der Waals surface area (Å²) in [5.74, 6) is 1.40. The van der Waals surface area contributed by atoms with Crippen LogP contribution in [0.15, 0.2) is 0 Å². The van der Waals surface area contributed by atoms with Crippen LogP contribution in [0.4, 0.5) is 0 Å². The predicted molar refractivity (Wildman–Crippen MR) is 61.5 cm³/mol. The van der Waals surface area contributed by atoms with E-state index in [0.29, 0.717) is 17.9 Å². The fourth-order valence-corrected chi connectivity index (χ4v) is 2.62. The first-order valence-corrected chi connectivity index (χ1v) is 6.58. The van der Waals surface area contributed by atoms with Gasteiger partial charge in [0.2, 0.25) is 5.91 Å². The van der Waals surface area contributed by atoms with Crippen LogP contribution in [-0.4, -0.2) is 11.9 Å². The van der Waals surface area contributed by atoms with Gasteiger partial charge in [0.15, 0.2) is 0 Å². The van der Waals surface area contributed by atoms with Crippen molar-refractivity contribution in [3.05, 3.63) is 0 Å². The summed E-state index contributed by atoms with van der Waals surface area (Å²) in [7, 11) is 0. The Bertz CT molecular complexity index is 215. The van der Waals surface area contributed by atoms with Crippen LogP contribution in [0.2, 0.25) is 0 Å². The molecule has 2 aliphatic carbocycles. The summed E-state index contributed by atoms with van der Waals surface area (Å²) in [4.78, 5) is 11.6. The van der Waals surface area contributed by atoms with Crippen LogP contribution >= 0.6 is 0 Å². The molecular formula is C13H23NO. The topological polar surface area (TPSA) is 29.1 Å². The Kier molecular flexibility index (Phi) is 3.66. The molecule has 1 amide bonds. The molecule has 86 valence electrons. The van der Waals surface area contributed by atoms with E-state index in [9.17, 15) is 4.79 Å². The van der Waals surface area contributed by atoms with E-state index in [1.807, 2.05) is 0 Å². The zero-order valence-corrected chi connectivity index (χ0v) is 9.80. The van der Waals surface area contributed by atoms with E-state index >= 15 is 0 Å². The van der Waals surface area contributed by atoms with Gasteiger partial charge in [-0.05, 0) is 38.5 Å². The Morgan fingerprint density at radius 3 is 2.20 bits per heavy atom. The lowest BCUT2D eigenvalue weighted by Crippen LogP contribution is -2.38. The number of rotatable bonds is 3. The van der Waals surface area contributed by atoms with Gasteiger partial charge >= 0.3 is 0 Å². The van der Waals surface area contributed by atoms with Crippen LogP contribution < -0.4 is 5.32 Å². The van der Waals surface area contributed by atoms with E-state index in [-0.39, 0.29) is 0 Å². The molecule has 0 bridgehead atoms. The van der Waals surface area contributed by atoms with Crippen molar-refractivity contribution in [2.75, 3.05) is 0 Å². The maximum Gasteiger partial charge on any atom is 0.223 e. The average Bonchev–Trinajstić information content (AvgIpc) is 3.05. The van der Waals surface area contributed by atoms with Crippen molar-refractivity contribution < 1.29 is 4.79 Å². The molecule has 1 atom stereocenters. The summed E-state index contributed by atoms with van der Waals surface area (Å²) in [5, 5.41) is 3.20. The number of nitrogens with one attached hydrogen (secondary N) is 1. The maximum atomic E-state index is 11.6. The van der Waals surface area contributed by atoms with Crippen LogP contribution in [-0.2, 0) is 4.79 Å². The minimum absolute atomic E-state index is 0.312. The molecule has 2 aliphatic rings. The summed E-state index contributed by atoms with van der Waals surface area (Å²) >= 11 is 0. The molecule has 15 heavy (non-hydrogen) atoms. The fraction of sp³-hybridized carbons (Fsp3) is 0.923. The predicted octanol–water partition coefficient (Wildman–Crippen LogP) is 2.87. The van der Waals surface area contributed by atoms with E-state index in [1.165, 1.54) is 38.5 Å². The highest BCUT2D eigenvalue weighted by Gasteiger charge is 2.31. The summed E-state index contributed by atoms with van der Waals surface area (Å²) in [5.41, 5.74) is 0. The standard InChI is InChI=1S/C13H23NO/c1-10(14-13(15)12-8-9-12)11-6-4-2-3-5-7-11/h10-12H,2-9H2,1H3,(H,14,15)/t10-/m1/s1. The molecule has 1 N–H and O–H groups in total. The zero-order valence-electron chi connectivity index (χ0n) is 9.80. The van der Waals surface area contributed by atoms with Gasteiger partial charge in [0, 0.05) is 12.0 Å². The molecule has 0 saturated heterocycles. The Morgan fingerprint density at radius 2 is 1.67 bits per heavy atom. The minimum Gasteiger partial charge on any atom is -0.353 e. The Balaban J connectivity index is 1.77. The quantitative estimate of drug-likeness (QED) is 0.711.